The van der Waals surface area contributed by atoms with Gasteiger partial charge in [-0.15, -0.1) is 0 Å². The highest BCUT2D eigenvalue weighted by molar-refractivity contribution is 5.59. The fourth-order valence-corrected chi connectivity index (χ4v) is 3.97. The zero-order valence-electron chi connectivity index (χ0n) is 19.1. The number of nitrogens with one attached hydrogen (secondary N) is 1. The summed E-state index contributed by atoms with van der Waals surface area (Å²) < 4.78 is 36.7. The van der Waals surface area contributed by atoms with E-state index in [1.54, 1.807) is 19.3 Å². The lowest BCUT2D eigenvalue weighted by atomic mass is 9.93. The number of ether oxygens (including phenoxy) is 4. The van der Waals surface area contributed by atoms with Crippen molar-refractivity contribution < 1.29 is 23.3 Å². The van der Waals surface area contributed by atoms with Crippen molar-refractivity contribution in [2.45, 2.75) is 19.1 Å². The highest BCUT2D eigenvalue weighted by Gasteiger charge is 2.21. The van der Waals surface area contributed by atoms with Gasteiger partial charge in [0.05, 0.1) is 27.4 Å². The Morgan fingerprint density at radius 3 is 2.33 bits per heavy atom. The second kappa shape index (κ2) is 10.4. The van der Waals surface area contributed by atoms with Gasteiger partial charge >= 0.3 is 0 Å². The van der Waals surface area contributed by atoms with E-state index in [4.69, 9.17) is 18.9 Å². The van der Waals surface area contributed by atoms with Crippen LogP contribution in [0.5, 0.6) is 23.0 Å². The van der Waals surface area contributed by atoms with E-state index in [2.05, 4.69) is 11.4 Å². The van der Waals surface area contributed by atoms with Gasteiger partial charge in [-0.3, -0.25) is 0 Å². The number of methoxy groups -OCH3 is 3. The van der Waals surface area contributed by atoms with Gasteiger partial charge in [0.2, 0.25) is 0 Å². The lowest BCUT2D eigenvalue weighted by molar-refractivity contribution is 0.283. The third-order valence-electron chi connectivity index (χ3n) is 5.73. The molecule has 3 aromatic carbocycles. The molecule has 6 heteroatoms. The van der Waals surface area contributed by atoms with E-state index in [0.717, 1.165) is 29.8 Å². The molecular formula is C27H28FNO4. The van der Waals surface area contributed by atoms with E-state index in [9.17, 15) is 4.39 Å². The van der Waals surface area contributed by atoms with Gasteiger partial charge in [0.1, 0.15) is 12.4 Å². The summed E-state index contributed by atoms with van der Waals surface area (Å²) >= 11 is 0. The normalized spacial score (nSPS) is 15.2. The van der Waals surface area contributed by atoms with Crippen LogP contribution in [-0.4, -0.2) is 27.9 Å². The Hall–Kier alpha value is -3.51. The molecule has 4 rings (SSSR count). The minimum absolute atomic E-state index is 0.0849. The average molecular weight is 450 g/mol. The second-order valence-corrected chi connectivity index (χ2v) is 7.75. The molecule has 5 nitrogen and oxygen atoms in total. The van der Waals surface area contributed by atoms with Crippen LogP contribution in [0.4, 0.5) is 4.39 Å². The highest BCUT2D eigenvalue weighted by atomic mass is 19.1. The molecule has 33 heavy (non-hydrogen) atoms. The summed E-state index contributed by atoms with van der Waals surface area (Å²) in [4.78, 5) is 0. The molecule has 3 aromatic rings. The first-order valence-corrected chi connectivity index (χ1v) is 10.8. The van der Waals surface area contributed by atoms with Crippen molar-refractivity contribution in [3.05, 3.63) is 88.7 Å². The first-order valence-electron chi connectivity index (χ1n) is 10.8. The minimum Gasteiger partial charge on any atom is -0.493 e. The van der Waals surface area contributed by atoms with Crippen molar-refractivity contribution in [3.8, 4) is 23.0 Å². The molecule has 1 N–H and O–H groups in total. The summed E-state index contributed by atoms with van der Waals surface area (Å²) in [5, 5.41) is 3.48. The molecule has 0 saturated carbocycles. The van der Waals surface area contributed by atoms with Crippen molar-refractivity contribution in [1.82, 2.24) is 5.32 Å². The topological polar surface area (TPSA) is 49.0 Å². The van der Waals surface area contributed by atoms with Gasteiger partial charge in [-0.05, 0) is 41.3 Å². The van der Waals surface area contributed by atoms with Crippen LogP contribution >= 0.6 is 0 Å². The number of hydrogen-bond acceptors (Lipinski definition) is 5. The van der Waals surface area contributed by atoms with Crippen LogP contribution in [-0.2, 0) is 13.0 Å². The molecular weight excluding hydrogens is 421 g/mol. The Morgan fingerprint density at radius 1 is 0.909 bits per heavy atom. The second-order valence-electron chi connectivity index (χ2n) is 7.75. The van der Waals surface area contributed by atoms with E-state index < -0.39 is 0 Å². The summed E-state index contributed by atoms with van der Waals surface area (Å²) in [5.74, 6) is 1.86. The number of fused-ring (bicyclic) bond motifs is 1. The Morgan fingerprint density at radius 2 is 1.61 bits per heavy atom. The number of benzene rings is 3. The molecule has 0 spiro atoms. The molecule has 0 aliphatic carbocycles. The van der Waals surface area contributed by atoms with Gasteiger partial charge in [0, 0.05) is 18.2 Å². The van der Waals surface area contributed by atoms with E-state index in [1.807, 2.05) is 42.5 Å². The van der Waals surface area contributed by atoms with Crippen LogP contribution in [0.2, 0.25) is 0 Å². The first kappa shape index (κ1) is 22.7. The van der Waals surface area contributed by atoms with Crippen LogP contribution in [0, 0.1) is 5.82 Å². The molecule has 172 valence electrons. The molecule has 1 unspecified atom stereocenters. The number of hydrogen-bond donors (Lipinski definition) is 1. The molecule has 0 fully saturated rings. The third-order valence-corrected chi connectivity index (χ3v) is 5.73. The van der Waals surface area contributed by atoms with E-state index >= 15 is 0 Å². The first-order chi connectivity index (χ1) is 16.1. The van der Waals surface area contributed by atoms with Crippen molar-refractivity contribution in [2.75, 3.05) is 27.9 Å². The van der Waals surface area contributed by atoms with E-state index in [1.165, 1.54) is 25.8 Å². The summed E-state index contributed by atoms with van der Waals surface area (Å²) in [6.45, 7) is 1.27. The summed E-state index contributed by atoms with van der Waals surface area (Å²) in [6, 6.07) is 17.0. The smallest absolute Gasteiger partial charge is 0.163 e. The maximum Gasteiger partial charge on any atom is 0.163 e. The third kappa shape index (κ3) is 5.12. The van der Waals surface area contributed by atoms with Crippen LogP contribution < -0.4 is 24.3 Å². The van der Waals surface area contributed by atoms with Crippen LogP contribution in [0.1, 0.15) is 28.3 Å². The van der Waals surface area contributed by atoms with Gasteiger partial charge in [-0.1, -0.05) is 42.5 Å². The Kier molecular flexibility index (Phi) is 7.15. The predicted octanol–water partition coefficient (Wildman–Crippen LogP) is 5.33. The van der Waals surface area contributed by atoms with Crippen LogP contribution in [0.15, 0.2) is 60.7 Å². The molecule has 0 bridgehead atoms. The Balaban J connectivity index is 1.58. The maximum absolute atomic E-state index is 14.6. The largest absolute Gasteiger partial charge is 0.493 e. The van der Waals surface area contributed by atoms with Crippen LogP contribution in [0.25, 0.3) is 6.08 Å². The van der Waals surface area contributed by atoms with Gasteiger partial charge in [-0.2, -0.15) is 0 Å². The molecule has 0 radical (unpaired) electrons. The average Bonchev–Trinajstić information content (AvgIpc) is 2.86. The monoisotopic (exact) mass is 449 g/mol. The summed E-state index contributed by atoms with van der Waals surface area (Å²) in [6.07, 6.45) is 4.58. The highest BCUT2D eigenvalue weighted by Crippen LogP contribution is 2.37. The van der Waals surface area contributed by atoms with E-state index in [0.29, 0.717) is 29.4 Å². The lowest BCUT2D eigenvalue weighted by Gasteiger charge is -2.26. The Labute approximate surface area is 193 Å². The summed E-state index contributed by atoms with van der Waals surface area (Å²) in [5.41, 5.74) is 3.79. The molecule has 1 atom stereocenters. The molecule has 0 saturated heterocycles. The van der Waals surface area contributed by atoms with Gasteiger partial charge in [-0.25, -0.2) is 4.39 Å². The fourth-order valence-electron chi connectivity index (χ4n) is 3.97. The number of rotatable bonds is 8. The zero-order valence-corrected chi connectivity index (χ0v) is 19.1. The van der Waals surface area contributed by atoms with Gasteiger partial charge in [0.15, 0.2) is 23.0 Å². The van der Waals surface area contributed by atoms with Crippen molar-refractivity contribution >= 4 is 6.08 Å². The molecule has 0 amide bonds. The zero-order chi connectivity index (χ0) is 23.2. The SMILES string of the molecule is COc1cc(F)c(/C=C/C2NCCc3cc(OCc4ccccc4)c(OC)cc32)cc1OC. The molecule has 1 heterocycles. The fraction of sp³-hybridized carbons (Fsp3) is 0.259. The number of halogens is 1. The lowest BCUT2D eigenvalue weighted by Crippen LogP contribution is -2.28. The molecule has 1 aliphatic rings. The van der Waals surface area contributed by atoms with Crippen molar-refractivity contribution in [1.29, 1.82) is 0 Å². The van der Waals surface area contributed by atoms with Crippen molar-refractivity contribution in [3.63, 3.8) is 0 Å². The van der Waals surface area contributed by atoms with Gasteiger partial charge in [0.25, 0.3) is 0 Å². The Bertz CT molecular complexity index is 1130. The minimum atomic E-state index is -0.373. The van der Waals surface area contributed by atoms with Gasteiger partial charge < -0.3 is 24.3 Å². The molecule has 0 aromatic heterocycles. The quantitative estimate of drug-likeness (QED) is 0.504. The molecule has 1 aliphatic heterocycles. The van der Waals surface area contributed by atoms with Crippen molar-refractivity contribution in [2.24, 2.45) is 0 Å². The summed E-state index contributed by atoms with van der Waals surface area (Å²) in [7, 11) is 4.66. The van der Waals surface area contributed by atoms with Crippen LogP contribution in [0.3, 0.4) is 0 Å². The predicted molar refractivity (Wildman–Crippen MR) is 127 cm³/mol. The standard InChI is InChI=1S/C27H28FNO4/c1-30-24-14-20(22(28)16-26(24)32-3)9-10-23-21-15-25(31-2)27(13-19(21)11-12-29-23)33-17-18-7-5-4-6-8-18/h4-10,13-16,23,29H,11-12,17H2,1-3H3/b10-9+. The maximum atomic E-state index is 14.6. The van der Waals surface area contributed by atoms with E-state index in [-0.39, 0.29) is 11.9 Å².